The number of aryl methyl sites for hydroxylation is 2. The second-order valence-electron chi connectivity index (χ2n) is 5.43. The Morgan fingerprint density at radius 2 is 2.14 bits per heavy atom. The molecule has 0 aliphatic rings. The van der Waals surface area contributed by atoms with Crippen molar-refractivity contribution in [2.45, 2.75) is 25.2 Å². The van der Waals surface area contributed by atoms with E-state index in [1.807, 2.05) is 26.1 Å². The van der Waals surface area contributed by atoms with Gasteiger partial charge in [-0.3, -0.25) is 4.68 Å². The molecule has 0 spiro atoms. The van der Waals surface area contributed by atoms with Crippen molar-refractivity contribution >= 4 is 0 Å². The van der Waals surface area contributed by atoms with Gasteiger partial charge < -0.3 is 10.8 Å². The van der Waals surface area contributed by atoms with E-state index in [9.17, 15) is 9.50 Å². The number of nitrogens with zero attached hydrogens (tertiary/aromatic N) is 2. The average molecular weight is 291 g/mol. The highest BCUT2D eigenvalue weighted by Crippen LogP contribution is 2.28. The van der Waals surface area contributed by atoms with Crippen molar-refractivity contribution < 1.29 is 9.50 Å². The lowest BCUT2D eigenvalue weighted by Gasteiger charge is -2.31. The van der Waals surface area contributed by atoms with E-state index in [2.05, 4.69) is 5.10 Å². The molecular weight excluding hydrogens is 269 g/mol. The summed E-state index contributed by atoms with van der Waals surface area (Å²) >= 11 is 0. The van der Waals surface area contributed by atoms with Crippen molar-refractivity contribution in [3.05, 3.63) is 53.1 Å². The van der Waals surface area contributed by atoms with Gasteiger partial charge >= 0.3 is 0 Å². The number of aliphatic hydroxyl groups is 1. The summed E-state index contributed by atoms with van der Waals surface area (Å²) in [6.07, 6.45) is 1.37. The van der Waals surface area contributed by atoms with Crippen molar-refractivity contribution in [1.29, 1.82) is 0 Å². The van der Waals surface area contributed by atoms with Crippen LogP contribution in [0.2, 0.25) is 0 Å². The molecular formula is C16H22FN3O. The zero-order valence-corrected chi connectivity index (χ0v) is 12.5. The van der Waals surface area contributed by atoms with Crippen LogP contribution in [0, 0.1) is 5.82 Å². The van der Waals surface area contributed by atoms with E-state index in [1.165, 1.54) is 12.1 Å². The van der Waals surface area contributed by atoms with Crippen LogP contribution in [0.4, 0.5) is 4.39 Å². The second kappa shape index (κ2) is 6.37. The first kappa shape index (κ1) is 15.7. The minimum atomic E-state index is -0.694. The third-order valence-corrected chi connectivity index (χ3v) is 4.04. The van der Waals surface area contributed by atoms with Gasteiger partial charge in [0.05, 0.1) is 12.3 Å². The lowest BCUT2D eigenvalue weighted by Crippen LogP contribution is -2.41. The number of nitrogens with two attached hydrogens (primary N) is 1. The van der Waals surface area contributed by atoms with Crippen LogP contribution in [0.25, 0.3) is 0 Å². The fourth-order valence-corrected chi connectivity index (χ4v) is 2.58. The molecule has 1 unspecified atom stereocenters. The number of aliphatic hydroxyl groups excluding tert-OH is 1. The second-order valence-corrected chi connectivity index (χ2v) is 5.43. The van der Waals surface area contributed by atoms with Crippen molar-refractivity contribution in [2.24, 2.45) is 12.8 Å². The molecule has 4 nitrogen and oxygen atoms in total. The quantitative estimate of drug-likeness (QED) is 0.849. The minimum absolute atomic E-state index is 0.139. The Balaban J connectivity index is 2.40. The molecule has 3 N–H and O–H groups in total. The van der Waals surface area contributed by atoms with Gasteiger partial charge in [-0.2, -0.15) is 5.10 Å². The van der Waals surface area contributed by atoms with Crippen LogP contribution in [0.15, 0.2) is 30.3 Å². The lowest BCUT2D eigenvalue weighted by atomic mass is 9.77. The van der Waals surface area contributed by atoms with Crippen LogP contribution in [0.5, 0.6) is 0 Å². The van der Waals surface area contributed by atoms with Gasteiger partial charge in [-0.15, -0.1) is 0 Å². The molecule has 1 heterocycles. The molecule has 0 aliphatic heterocycles. The molecule has 2 aromatic rings. The van der Waals surface area contributed by atoms with Gasteiger partial charge in [0, 0.05) is 31.1 Å². The highest BCUT2D eigenvalue weighted by molar-refractivity contribution is 5.30. The van der Waals surface area contributed by atoms with Gasteiger partial charge in [0.15, 0.2) is 0 Å². The topological polar surface area (TPSA) is 64.1 Å². The van der Waals surface area contributed by atoms with Crippen LogP contribution in [0.3, 0.4) is 0 Å². The Bertz CT molecular complexity index is 605. The summed E-state index contributed by atoms with van der Waals surface area (Å²) in [6, 6.07) is 8.30. The smallest absolute Gasteiger partial charge is 0.123 e. The minimum Gasteiger partial charge on any atom is -0.395 e. The van der Waals surface area contributed by atoms with Crippen molar-refractivity contribution in [2.75, 3.05) is 13.2 Å². The molecule has 1 aromatic heterocycles. The maximum absolute atomic E-state index is 13.5. The Hall–Kier alpha value is -1.72. The number of rotatable bonds is 6. The van der Waals surface area contributed by atoms with E-state index in [0.29, 0.717) is 12.0 Å². The summed E-state index contributed by atoms with van der Waals surface area (Å²) in [4.78, 5) is 0. The number of benzene rings is 1. The summed E-state index contributed by atoms with van der Waals surface area (Å²) in [6.45, 7) is 2.14. The van der Waals surface area contributed by atoms with Crippen LogP contribution in [0.1, 0.15) is 23.9 Å². The molecule has 2 rings (SSSR count). The maximum atomic E-state index is 13.5. The van der Waals surface area contributed by atoms with E-state index in [4.69, 9.17) is 5.73 Å². The number of aromatic nitrogens is 2. The molecule has 1 aromatic carbocycles. The Morgan fingerprint density at radius 1 is 1.38 bits per heavy atom. The zero-order valence-electron chi connectivity index (χ0n) is 12.5. The molecule has 0 saturated carbocycles. The van der Waals surface area contributed by atoms with Gasteiger partial charge in [0.2, 0.25) is 0 Å². The maximum Gasteiger partial charge on any atom is 0.123 e. The third-order valence-electron chi connectivity index (χ3n) is 4.04. The average Bonchev–Trinajstić information content (AvgIpc) is 2.85. The van der Waals surface area contributed by atoms with Gasteiger partial charge in [-0.05, 0) is 30.2 Å². The fraction of sp³-hybridized carbons (Fsp3) is 0.438. The molecule has 0 amide bonds. The largest absolute Gasteiger partial charge is 0.395 e. The van der Waals surface area contributed by atoms with Crippen molar-refractivity contribution in [1.82, 2.24) is 9.78 Å². The first-order chi connectivity index (χ1) is 10.0. The van der Waals surface area contributed by atoms with Gasteiger partial charge in [-0.1, -0.05) is 19.1 Å². The summed E-state index contributed by atoms with van der Waals surface area (Å²) in [5.41, 5.74) is 7.92. The van der Waals surface area contributed by atoms with Crippen LogP contribution in [-0.2, 0) is 25.3 Å². The van der Waals surface area contributed by atoms with Crippen LogP contribution in [-0.4, -0.2) is 28.0 Å². The molecule has 5 heteroatoms. The monoisotopic (exact) mass is 291 g/mol. The molecule has 114 valence electrons. The molecule has 0 radical (unpaired) electrons. The number of halogens is 1. The summed E-state index contributed by atoms with van der Waals surface area (Å²) in [5, 5.41) is 14.3. The normalized spacial score (nSPS) is 14.1. The summed E-state index contributed by atoms with van der Waals surface area (Å²) in [7, 11) is 1.87. The molecule has 0 saturated heterocycles. The van der Waals surface area contributed by atoms with Crippen molar-refractivity contribution in [3.8, 4) is 0 Å². The number of hydrogen-bond acceptors (Lipinski definition) is 3. The first-order valence-corrected chi connectivity index (χ1v) is 7.13. The number of hydrogen-bond donors (Lipinski definition) is 2. The fourth-order valence-electron chi connectivity index (χ4n) is 2.58. The predicted octanol–water partition coefficient (Wildman–Crippen LogP) is 1.55. The molecule has 0 aliphatic carbocycles. The van der Waals surface area contributed by atoms with Gasteiger partial charge in [0.25, 0.3) is 0 Å². The van der Waals surface area contributed by atoms with E-state index in [1.54, 1.807) is 10.7 Å². The standard InChI is InChI=1S/C16H22FN3O/c1-3-14-8-15(20(2)19-14)9-16(10-18,11-21)12-5-4-6-13(17)7-12/h4-8,21H,3,9-11,18H2,1-2H3. The Morgan fingerprint density at radius 3 is 2.67 bits per heavy atom. The molecule has 21 heavy (non-hydrogen) atoms. The molecule has 1 atom stereocenters. The highest BCUT2D eigenvalue weighted by Gasteiger charge is 2.32. The third kappa shape index (κ3) is 3.14. The van der Waals surface area contributed by atoms with Crippen LogP contribution < -0.4 is 5.73 Å². The highest BCUT2D eigenvalue weighted by atomic mass is 19.1. The summed E-state index contributed by atoms with van der Waals surface area (Å²) in [5.74, 6) is -0.321. The van der Waals surface area contributed by atoms with Crippen molar-refractivity contribution in [3.63, 3.8) is 0 Å². The van der Waals surface area contributed by atoms with E-state index in [0.717, 1.165) is 17.8 Å². The molecule has 0 bridgehead atoms. The Kier molecular flexibility index (Phi) is 4.75. The first-order valence-electron chi connectivity index (χ1n) is 7.13. The van der Waals surface area contributed by atoms with E-state index in [-0.39, 0.29) is 19.0 Å². The van der Waals surface area contributed by atoms with E-state index >= 15 is 0 Å². The van der Waals surface area contributed by atoms with Gasteiger partial charge in [0.1, 0.15) is 5.82 Å². The predicted molar refractivity (Wildman–Crippen MR) is 80.5 cm³/mol. The summed E-state index contributed by atoms with van der Waals surface area (Å²) < 4.78 is 15.3. The lowest BCUT2D eigenvalue weighted by molar-refractivity contribution is 0.194. The Labute approximate surface area is 124 Å². The zero-order chi connectivity index (χ0) is 15.5. The van der Waals surface area contributed by atoms with E-state index < -0.39 is 5.41 Å². The van der Waals surface area contributed by atoms with Gasteiger partial charge in [-0.25, -0.2) is 4.39 Å². The van der Waals surface area contributed by atoms with Crippen LogP contribution >= 0.6 is 0 Å². The SMILES string of the molecule is CCc1cc(CC(CN)(CO)c2cccc(F)c2)n(C)n1. The molecule has 0 fully saturated rings.